The number of nitrogen functional groups attached to an aromatic ring is 2. The highest BCUT2D eigenvalue weighted by Gasteiger charge is 2.13. The summed E-state index contributed by atoms with van der Waals surface area (Å²) in [6.45, 7) is 0.677. The lowest BCUT2D eigenvalue weighted by molar-refractivity contribution is 0.369. The van der Waals surface area contributed by atoms with Crippen molar-refractivity contribution in [3.05, 3.63) is 53.8 Å². The van der Waals surface area contributed by atoms with Crippen molar-refractivity contribution in [2.75, 3.05) is 25.1 Å². The molecule has 23 heavy (non-hydrogen) atoms. The fraction of sp³-hybridized carbons (Fsp3) is 0.118. The standard InChI is InChI=1S/C17H17N5O/c1-23-16(12-3-2-7-20-10-12)13-9-11(4-5-14(13)18)15-6-8-21-17(19)22-15/h2-6,8-10H,7,18H2,1H3,(H2,19,21,22). The molecule has 116 valence electrons. The first-order chi connectivity index (χ1) is 11.2. The Morgan fingerprint density at radius 1 is 1.22 bits per heavy atom. The fourth-order valence-electron chi connectivity index (χ4n) is 2.40. The van der Waals surface area contributed by atoms with Crippen LogP contribution >= 0.6 is 0 Å². The van der Waals surface area contributed by atoms with Crippen LogP contribution in [0.2, 0.25) is 0 Å². The van der Waals surface area contributed by atoms with E-state index in [2.05, 4.69) is 15.0 Å². The van der Waals surface area contributed by atoms with Crippen LogP contribution in [0, 0.1) is 0 Å². The molecule has 6 heteroatoms. The number of nitrogens with two attached hydrogens (primary N) is 2. The predicted molar refractivity (Wildman–Crippen MR) is 92.7 cm³/mol. The van der Waals surface area contributed by atoms with Crippen molar-refractivity contribution in [2.45, 2.75) is 0 Å². The molecule has 1 aliphatic rings. The van der Waals surface area contributed by atoms with E-state index in [-0.39, 0.29) is 5.95 Å². The van der Waals surface area contributed by atoms with Gasteiger partial charge >= 0.3 is 0 Å². The van der Waals surface area contributed by atoms with Gasteiger partial charge in [-0.25, -0.2) is 9.97 Å². The highest BCUT2D eigenvalue weighted by atomic mass is 16.5. The molecule has 6 nitrogen and oxygen atoms in total. The van der Waals surface area contributed by atoms with Crippen molar-refractivity contribution in [1.29, 1.82) is 0 Å². The molecular formula is C17H17N5O. The summed E-state index contributed by atoms with van der Waals surface area (Å²) in [5.41, 5.74) is 15.7. The van der Waals surface area contributed by atoms with Crippen molar-refractivity contribution in [3.63, 3.8) is 0 Å². The molecule has 0 amide bonds. The first-order valence-electron chi connectivity index (χ1n) is 7.12. The zero-order chi connectivity index (χ0) is 16.2. The summed E-state index contributed by atoms with van der Waals surface area (Å²) in [6, 6.07) is 7.45. The minimum Gasteiger partial charge on any atom is -0.495 e. The van der Waals surface area contributed by atoms with Gasteiger partial charge in [0.2, 0.25) is 5.95 Å². The summed E-state index contributed by atoms with van der Waals surface area (Å²) in [6.07, 6.45) is 7.35. The summed E-state index contributed by atoms with van der Waals surface area (Å²) in [7, 11) is 1.62. The number of nitrogens with zero attached hydrogens (tertiary/aromatic N) is 3. The molecule has 3 rings (SSSR count). The molecule has 0 radical (unpaired) electrons. The average Bonchev–Trinajstić information content (AvgIpc) is 2.58. The third-order valence-electron chi connectivity index (χ3n) is 3.47. The largest absolute Gasteiger partial charge is 0.495 e. The smallest absolute Gasteiger partial charge is 0.220 e. The zero-order valence-electron chi connectivity index (χ0n) is 12.7. The van der Waals surface area contributed by atoms with Gasteiger partial charge in [0.05, 0.1) is 19.3 Å². The maximum atomic E-state index is 6.14. The molecule has 1 aliphatic heterocycles. The predicted octanol–water partition coefficient (Wildman–Crippen LogP) is 2.31. The van der Waals surface area contributed by atoms with E-state index in [4.69, 9.17) is 16.2 Å². The van der Waals surface area contributed by atoms with Crippen molar-refractivity contribution < 1.29 is 4.74 Å². The number of allylic oxidation sites excluding steroid dienone is 2. The summed E-state index contributed by atoms with van der Waals surface area (Å²) in [5, 5.41) is 0. The number of rotatable bonds is 3. The molecule has 2 heterocycles. The summed E-state index contributed by atoms with van der Waals surface area (Å²) in [4.78, 5) is 12.4. The van der Waals surface area contributed by atoms with Gasteiger partial charge in [-0.2, -0.15) is 0 Å². The van der Waals surface area contributed by atoms with E-state index < -0.39 is 0 Å². The molecule has 1 aromatic carbocycles. The van der Waals surface area contributed by atoms with Crippen molar-refractivity contribution in [2.24, 2.45) is 4.99 Å². The Morgan fingerprint density at radius 3 is 2.78 bits per heavy atom. The maximum absolute atomic E-state index is 6.14. The van der Waals surface area contributed by atoms with Crippen LogP contribution in [-0.2, 0) is 4.74 Å². The molecule has 1 aromatic heterocycles. The van der Waals surface area contributed by atoms with E-state index in [0.717, 1.165) is 22.4 Å². The molecule has 0 aliphatic carbocycles. The number of aliphatic imine (C=N–C) groups is 1. The third kappa shape index (κ3) is 3.06. The molecule has 0 bridgehead atoms. The van der Waals surface area contributed by atoms with Gasteiger partial charge in [0, 0.05) is 34.8 Å². The van der Waals surface area contributed by atoms with Crippen molar-refractivity contribution in [3.8, 4) is 11.3 Å². The Kier molecular flexibility index (Phi) is 4.05. The quantitative estimate of drug-likeness (QED) is 0.669. The second-order valence-electron chi connectivity index (χ2n) is 4.99. The number of methoxy groups -OCH3 is 1. The number of aromatic nitrogens is 2. The van der Waals surface area contributed by atoms with Gasteiger partial charge in [0.25, 0.3) is 0 Å². The molecule has 0 saturated carbocycles. The van der Waals surface area contributed by atoms with Crippen molar-refractivity contribution >= 4 is 23.6 Å². The third-order valence-corrected chi connectivity index (χ3v) is 3.47. The Labute approximate surface area is 134 Å². The van der Waals surface area contributed by atoms with Gasteiger partial charge in [-0.05, 0) is 18.2 Å². The van der Waals surface area contributed by atoms with Gasteiger partial charge in [-0.1, -0.05) is 18.2 Å². The van der Waals surface area contributed by atoms with E-state index >= 15 is 0 Å². The second-order valence-corrected chi connectivity index (χ2v) is 4.99. The number of ether oxygens (including phenoxy) is 1. The van der Waals surface area contributed by atoms with Crippen LogP contribution in [0.4, 0.5) is 11.6 Å². The van der Waals surface area contributed by atoms with Gasteiger partial charge in [-0.3, -0.25) is 4.99 Å². The Morgan fingerprint density at radius 2 is 2.09 bits per heavy atom. The number of dihydropyridines is 1. The highest BCUT2D eigenvalue weighted by Crippen LogP contribution is 2.30. The Balaban J connectivity index is 2.12. The van der Waals surface area contributed by atoms with E-state index in [1.807, 2.05) is 30.4 Å². The molecular weight excluding hydrogens is 290 g/mol. The SMILES string of the molecule is COC(=C1C=CCN=C1)c1cc(-c2ccnc(N)n2)ccc1N. The molecule has 0 saturated heterocycles. The van der Waals surface area contributed by atoms with E-state index in [9.17, 15) is 0 Å². The molecule has 0 atom stereocenters. The highest BCUT2D eigenvalue weighted by molar-refractivity contribution is 5.95. The molecule has 4 N–H and O–H groups in total. The van der Waals surface area contributed by atoms with E-state index in [0.29, 0.717) is 18.0 Å². The topological polar surface area (TPSA) is 99.4 Å². The first kappa shape index (κ1) is 14.8. The monoisotopic (exact) mass is 307 g/mol. The first-order valence-corrected chi connectivity index (χ1v) is 7.12. The number of hydrogen-bond donors (Lipinski definition) is 2. The Bertz CT molecular complexity index is 809. The van der Waals surface area contributed by atoms with E-state index in [1.165, 1.54) is 0 Å². The number of hydrogen-bond acceptors (Lipinski definition) is 6. The van der Waals surface area contributed by atoms with Gasteiger partial charge in [0.15, 0.2) is 0 Å². The summed E-state index contributed by atoms with van der Waals surface area (Å²) in [5.74, 6) is 0.902. The minimum absolute atomic E-state index is 0.230. The normalized spacial score (nSPS) is 15.5. The van der Waals surface area contributed by atoms with Crippen LogP contribution in [0.25, 0.3) is 17.0 Å². The van der Waals surface area contributed by atoms with Gasteiger partial charge in [0.1, 0.15) is 5.76 Å². The summed E-state index contributed by atoms with van der Waals surface area (Å²) < 4.78 is 5.57. The fourth-order valence-corrected chi connectivity index (χ4v) is 2.40. The molecule has 0 fully saturated rings. The van der Waals surface area contributed by atoms with Crippen molar-refractivity contribution in [1.82, 2.24) is 9.97 Å². The molecule has 2 aromatic rings. The van der Waals surface area contributed by atoms with Crippen LogP contribution < -0.4 is 11.5 Å². The zero-order valence-corrected chi connectivity index (χ0v) is 12.7. The lowest BCUT2D eigenvalue weighted by atomic mass is 10.0. The molecule has 0 spiro atoms. The summed E-state index contributed by atoms with van der Waals surface area (Å²) >= 11 is 0. The van der Waals surface area contributed by atoms with Crippen LogP contribution in [0.15, 0.2) is 53.2 Å². The van der Waals surface area contributed by atoms with Crippen LogP contribution in [-0.4, -0.2) is 29.8 Å². The van der Waals surface area contributed by atoms with Gasteiger partial charge < -0.3 is 16.2 Å². The number of anilines is 2. The second kappa shape index (κ2) is 6.31. The minimum atomic E-state index is 0.230. The Hall–Kier alpha value is -3.15. The lowest BCUT2D eigenvalue weighted by Crippen LogP contribution is -2.02. The van der Waals surface area contributed by atoms with Crippen LogP contribution in [0.1, 0.15) is 5.56 Å². The maximum Gasteiger partial charge on any atom is 0.220 e. The van der Waals surface area contributed by atoms with Gasteiger partial charge in [-0.15, -0.1) is 0 Å². The van der Waals surface area contributed by atoms with Crippen LogP contribution in [0.3, 0.4) is 0 Å². The molecule has 0 unspecified atom stereocenters. The lowest BCUT2D eigenvalue weighted by Gasteiger charge is -2.14. The average molecular weight is 307 g/mol. The number of benzene rings is 1. The van der Waals surface area contributed by atoms with E-state index in [1.54, 1.807) is 25.6 Å². The van der Waals surface area contributed by atoms with Crippen LogP contribution in [0.5, 0.6) is 0 Å².